The number of hydrogen-bond acceptors (Lipinski definition) is 11. The van der Waals surface area contributed by atoms with E-state index in [1.54, 1.807) is 55.4 Å². The van der Waals surface area contributed by atoms with E-state index in [4.69, 9.17) is 38.5 Å². The number of hydrogen-bond donors (Lipinski definition) is 0. The quantitative estimate of drug-likeness (QED) is 0.121. The van der Waals surface area contributed by atoms with Crippen LogP contribution in [0.15, 0.2) is 24.3 Å². The maximum Gasteiger partial charge on any atom is 0.518 e. The van der Waals surface area contributed by atoms with Crippen molar-refractivity contribution in [3.63, 3.8) is 0 Å². The summed E-state index contributed by atoms with van der Waals surface area (Å²) in [5.74, 6) is -6.61. The molecule has 2 atom stereocenters. The smallest absolute Gasteiger partial charge is 0.393 e. The molecule has 0 spiro atoms. The molecule has 11 nitrogen and oxygen atoms in total. The lowest BCUT2D eigenvalue weighted by Crippen LogP contribution is -2.46. The van der Waals surface area contributed by atoms with Gasteiger partial charge < -0.3 is 18.9 Å². The molecule has 0 aromatic rings. The van der Waals surface area contributed by atoms with Crippen LogP contribution in [0.5, 0.6) is 0 Å². The number of rotatable bonds is 12. The molecule has 0 N–H and O–H groups in total. The highest BCUT2D eigenvalue weighted by molar-refractivity contribution is 5.88. The van der Waals surface area contributed by atoms with E-state index in [9.17, 15) is 14.4 Å². The minimum Gasteiger partial charge on any atom is -0.393 e. The van der Waals surface area contributed by atoms with Crippen molar-refractivity contribution in [1.29, 1.82) is 0 Å². The van der Waals surface area contributed by atoms with Gasteiger partial charge in [0, 0.05) is 25.0 Å². The highest BCUT2D eigenvalue weighted by atomic mass is 17.3. The first-order valence-electron chi connectivity index (χ1n) is 10.7. The van der Waals surface area contributed by atoms with E-state index in [-0.39, 0.29) is 24.0 Å². The van der Waals surface area contributed by atoms with Crippen LogP contribution < -0.4 is 0 Å². The van der Waals surface area contributed by atoms with E-state index in [0.29, 0.717) is 0 Å². The molecular weight excluding hydrogens is 452 g/mol. The summed E-state index contributed by atoms with van der Waals surface area (Å²) in [5, 5.41) is 0. The monoisotopic (exact) mass is 490 g/mol. The Hall–Kier alpha value is -2.47. The Kier molecular flexibility index (Phi) is 11.4. The first kappa shape index (κ1) is 31.5. The lowest BCUT2D eigenvalue weighted by Gasteiger charge is -2.32. The van der Waals surface area contributed by atoms with E-state index in [1.807, 2.05) is 0 Å². The summed E-state index contributed by atoms with van der Waals surface area (Å²) in [7, 11) is 0. The third-order valence-corrected chi connectivity index (χ3v) is 3.41. The third kappa shape index (κ3) is 12.7. The maximum absolute atomic E-state index is 12.6. The fraction of sp³-hybridized carbons (Fsp3) is 0.696. The minimum absolute atomic E-state index is 0.0845. The van der Waals surface area contributed by atoms with E-state index < -0.39 is 41.2 Å². The molecule has 0 aliphatic rings. The van der Waals surface area contributed by atoms with Crippen LogP contribution in [-0.4, -0.2) is 41.2 Å². The van der Waals surface area contributed by atoms with Crippen molar-refractivity contribution in [2.45, 2.75) is 105 Å². The summed E-state index contributed by atoms with van der Waals surface area (Å²) >= 11 is 0. The molecule has 0 aliphatic carbocycles. The molecule has 0 radical (unpaired) electrons. The Bertz CT molecular complexity index is 698. The average molecular weight is 491 g/mol. The molecule has 0 aromatic carbocycles. The largest absolute Gasteiger partial charge is 0.518 e. The fourth-order valence-electron chi connectivity index (χ4n) is 1.60. The summed E-state index contributed by atoms with van der Waals surface area (Å²) in [4.78, 5) is 57.6. The molecule has 0 amide bonds. The van der Waals surface area contributed by atoms with Crippen LogP contribution >= 0.6 is 0 Å². The summed E-state index contributed by atoms with van der Waals surface area (Å²) < 4.78 is 20.3. The number of carbonyl (C=O) groups is 3. The molecular formula is C23H38O11. The van der Waals surface area contributed by atoms with Crippen LogP contribution in [0.3, 0.4) is 0 Å². The van der Waals surface area contributed by atoms with Crippen LogP contribution in [0, 0.1) is 0 Å². The standard InChI is InChI=1S/C23H38O11/c1-13-15(3)17(24)27-22(11,33-31-20(5,6)7)29-19(26)30-23(12,34-32-21(8,9)10)28-18(25)16(4)14-2/h3-4,13-14H2,1-2,5-12H3. The highest BCUT2D eigenvalue weighted by Crippen LogP contribution is 2.26. The summed E-state index contributed by atoms with van der Waals surface area (Å²) in [5.41, 5.74) is -1.56. The van der Waals surface area contributed by atoms with Crippen LogP contribution in [0.2, 0.25) is 0 Å². The van der Waals surface area contributed by atoms with Gasteiger partial charge in [0.2, 0.25) is 0 Å². The molecule has 0 fully saturated rings. The van der Waals surface area contributed by atoms with Crippen LogP contribution in [-0.2, 0) is 48.1 Å². The molecule has 2 unspecified atom stereocenters. The van der Waals surface area contributed by atoms with E-state index in [0.717, 1.165) is 13.8 Å². The highest BCUT2D eigenvalue weighted by Gasteiger charge is 2.44. The molecule has 0 rings (SSSR count). The van der Waals surface area contributed by atoms with Gasteiger partial charge >= 0.3 is 30.0 Å². The Labute approximate surface area is 201 Å². The Morgan fingerprint density at radius 2 is 0.853 bits per heavy atom. The van der Waals surface area contributed by atoms with Crippen molar-refractivity contribution >= 4 is 18.1 Å². The second kappa shape index (κ2) is 12.3. The molecule has 34 heavy (non-hydrogen) atoms. The molecule has 0 bridgehead atoms. The predicted molar refractivity (Wildman–Crippen MR) is 119 cm³/mol. The SMILES string of the molecule is C=C(CC)C(=O)OC(C)(OOC(C)(C)C)OC(=O)OC(C)(OOC(C)(C)C)OC(=O)C(=C)CC. The van der Waals surface area contributed by atoms with E-state index in [2.05, 4.69) is 13.2 Å². The zero-order valence-corrected chi connectivity index (χ0v) is 21.8. The molecule has 0 heterocycles. The lowest BCUT2D eigenvalue weighted by molar-refractivity contribution is -0.516. The van der Waals surface area contributed by atoms with Gasteiger partial charge in [0.1, 0.15) is 0 Å². The van der Waals surface area contributed by atoms with Gasteiger partial charge in [-0.1, -0.05) is 27.0 Å². The van der Waals surface area contributed by atoms with Crippen LogP contribution in [0.4, 0.5) is 4.79 Å². The Morgan fingerprint density at radius 3 is 1.09 bits per heavy atom. The third-order valence-electron chi connectivity index (χ3n) is 3.41. The van der Waals surface area contributed by atoms with Gasteiger partial charge in [-0.05, 0) is 54.4 Å². The fourth-order valence-corrected chi connectivity index (χ4v) is 1.60. The topological polar surface area (TPSA) is 125 Å². The second-order valence-corrected chi connectivity index (χ2v) is 9.43. The molecule has 0 saturated heterocycles. The Morgan fingerprint density at radius 1 is 0.559 bits per heavy atom. The van der Waals surface area contributed by atoms with Gasteiger partial charge in [-0.15, -0.1) is 9.78 Å². The number of carbonyl (C=O) groups excluding carboxylic acids is 3. The first-order valence-corrected chi connectivity index (χ1v) is 10.7. The van der Waals surface area contributed by atoms with Crippen LogP contribution in [0.1, 0.15) is 82.1 Å². The first-order chi connectivity index (χ1) is 15.2. The van der Waals surface area contributed by atoms with E-state index in [1.165, 1.54) is 0 Å². The molecule has 196 valence electrons. The normalized spacial score (nSPS) is 15.4. The molecule has 0 saturated carbocycles. The zero-order valence-electron chi connectivity index (χ0n) is 21.8. The Balaban J connectivity index is 5.74. The van der Waals surface area contributed by atoms with Gasteiger partial charge in [-0.25, -0.2) is 24.2 Å². The van der Waals surface area contributed by atoms with Crippen LogP contribution in [0.25, 0.3) is 0 Å². The van der Waals surface area contributed by atoms with Gasteiger partial charge in [-0.3, -0.25) is 0 Å². The lowest BCUT2D eigenvalue weighted by atomic mass is 10.2. The van der Waals surface area contributed by atoms with E-state index >= 15 is 0 Å². The summed E-state index contributed by atoms with van der Waals surface area (Å²) in [6, 6.07) is 0. The molecule has 0 aliphatic heterocycles. The van der Waals surface area contributed by atoms with Crippen molar-refractivity contribution in [3.8, 4) is 0 Å². The van der Waals surface area contributed by atoms with Gasteiger partial charge in [0.25, 0.3) is 0 Å². The maximum atomic E-state index is 12.6. The van der Waals surface area contributed by atoms with Gasteiger partial charge in [0.15, 0.2) is 0 Å². The molecule has 0 aromatic heterocycles. The second-order valence-electron chi connectivity index (χ2n) is 9.43. The average Bonchev–Trinajstić information content (AvgIpc) is 2.68. The zero-order chi connectivity index (χ0) is 27.0. The van der Waals surface area contributed by atoms with Crippen molar-refractivity contribution in [1.82, 2.24) is 0 Å². The van der Waals surface area contributed by atoms with Crippen molar-refractivity contribution in [2.24, 2.45) is 0 Å². The van der Waals surface area contributed by atoms with Crippen molar-refractivity contribution in [2.75, 3.05) is 0 Å². The van der Waals surface area contributed by atoms with Gasteiger partial charge in [0.05, 0.1) is 11.2 Å². The summed E-state index contributed by atoms with van der Waals surface area (Å²) in [6.45, 7) is 22.6. The summed E-state index contributed by atoms with van der Waals surface area (Å²) in [6.07, 6.45) is -0.968. The van der Waals surface area contributed by atoms with Crippen molar-refractivity contribution < 1.29 is 52.9 Å². The number of esters is 2. The predicted octanol–water partition coefficient (Wildman–Crippen LogP) is 5.00. The molecule has 11 heteroatoms. The van der Waals surface area contributed by atoms with Crippen molar-refractivity contribution in [3.05, 3.63) is 24.3 Å². The van der Waals surface area contributed by atoms with Gasteiger partial charge in [-0.2, -0.15) is 0 Å². The number of ether oxygens (including phenoxy) is 4. The minimum atomic E-state index is -2.40.